The van der Waals surface area contributed by atoms with Crippen molar-refractivity contribution in [1.82, 2.24) is 5.32 Å². The third-order valence-corrected chi connectivity index (χ3v) is 4.18. The summed E-state index contributed by atoms with van der Waals surface area (Å²) >= 11 is 0. The second-order valence-corrected chi connectivity index (χ2v) is 6.70. The zero-order valence-electron chi connectivity index (χ0n) is 16.1. The number of benzene rings is 2. The maximum Gasteiger partial charge on any atom is 0.416 e. The van der Waals surface area contributed by atoms with Crippen LogP contribution in [0.1, 0.15) is 25.3 Å². The summed E-state index contributed by atoms with van der Waals surface area (Å²) in [7, 11) is 0. The number of alkyl halides is 3. The molecule has 0 aliphatic heterocycles. The van der Waals surface area contributed by atoms with Crippen LogP contribution in [0.3, 0.4) is 0 Å². The van der Waals surface area contributed by atoms with Gasteiger partial charge in [0.2, 0.25) is 5.91 Å². The maximum absolute atomic E-state index is 12.9. The number of allylic oxidation sites excluding steroid dienone is 1. The molecule has 3 N–H and O–H groups in total. The van der Waals surface area contributed by atoms with Gasteiger partial charge in [-0.05, 0) is 55.3 Å². The van der Waals surface area contributed by atoms with Crippen molar-refractivity contribution in [3.63, 3.8) is 0 Å². The van der Waals surface area contributed by atoms with Crippen LogP contribution in [-0.2, 0) is 11.0 Å². The van der Waals surface area contributed by atoms with Crippen LogP contribution in [0.2, 0.25) is 0 Å². The van der Waals surface area contributed by atoms with Gasteiger partial charge in [0.15, 0.2) is 0 Å². The molecule has 0 saturated heterocycles. The van der Waals surface area contributed by atoms with Gasteiger partial charge in [0.1, 0.15) is 5.82 Å². The van der Waals surface area contributed by atoms with Crippen LogP contribution < -0.4 is 16.0 Å². The molecule has 0 aliphatic carbocycles. The molecule has 0 spiro atoms. The van der Waals surface area contributed by atoms with Gasteiger partial charge in [-0.3, -0.25) is 4.79 Å². The summed E-state index contributed by atoms with van der Waals surface area (Å²) in [6.07, 6.45) is -3.86. The Bertz CT molecular complexity index is 911. The summed E-state index contributed by atoms with van der Waals surface area (Å²) in [4.78, 5) is 24.1. The van der Waals surface area contributed by atoms with Crippen LogP contribution in [0.15, 0.2) is 60.8 Å². The van der Waals surface area contributed by atoms with E-state index in [1.807, 2.05) is 0 Å². The van der Waals surface area contributed by atoms with Crippen LogP contribution in [0.5, 0.6) is 0 Å². The molecule has 9 heteroatoms. The fraction of sp³-hybridized carbons (Fsp3) is 0.238. The molecule has 2 rings (SSSR count). The number of anilines is 2. The van der Waals surface area contributed by atoms with E-state index in [2.05, 4.69) is 22.5 Å². The van der Waals surface area contributed by atoms with Crippen molar-refractivity contribution in [1.29, 1.82) is 0 Å². The monoisotopic (exact) mass is 423 g/mol. The third-order valence-electron chi connectivity index (χ3n) is 4.18. The fourth-order valence-corrected chi connectivity index (χ4v) is 2.48. The highest BCUT2D eigenvalue weighted by Gasteiger charge is 2.30. The number of rotatable bonds is 7. The van der Waals surface area contributed by atoms with Gasteiger partial charge in [-0.25, -0.2) is 9.18 Å². The van der Waals surface area contributed by atoms with Gasteiger partial charge in [0.25, 0.3) is 0 Å². The van der Waals surface area contributed by atoms with Crippen molar-refractivity contribution in [3.8, 4) is 0 Å². The smallest absolute Gasteiger partial charge is 0.326 e. The number of hydrogen-bond acceptors (Lipinski definition) is 2. The first-order chi connectivity index (χ1) is 14.0. The first kappa shape index (κ1) is 22.9. The lowest BCUT2D eigenvalue weighted by Crippen LogP contribution is -2.28. The molecular weight excluding hydrogens is 402 g/mol. The zero-order valence-corrected chi connectivity index (χ0v) is 16.1. The quantitative estimate of drug-likeness (QED) is 0.512. The average Bonchev–Trinajstić information content (AvgIpc) is 2.67. The number of carbonyl (C=O) groups excluding carboxylic acids is 2. The molecule has 0 radical (unpaired) electrons. The summed E-state index contributed by atoms with van der Waals surface area (Å²) in [5.41, 5.74) is -0.117. The van der Waals surface area contributed by atoms with Gasteiger partial charge in [0, 0.05) is 23.0 Å². The van der Waals surface area contributed by atoms with E-state index in [1.54, 1.807) is 6.92 Å². The van der Waals surface area contributed by atoms with E-state index in [9.17, 15) is 27.2 Å². The number of carbonyl (C=O) groups is 2. The molecule has 30 heavy (non-hydrogen) atoms. The Labute approximate surface area is 171 Å². The highest BCUT2D eigenvalue weighted by atomic mass is 19.4. The number of amides is 3. The Balaban J connectivity index is 1.79. The summed E-state index contributed by atoms with van der Waals surface area (Å²) in [6.45, 7) is 5.38. The Kier molecular flexibility index (Phi) is 7.57. The van der Waals surface area contributed by atoms with E-state index in [-0.39, 0.29) is 18.0 Å². The van der Waals surface area contributed by atoms with Crippen LogP contribution in [0.4, 0.5) is 33.7 Å². The number of hydrogen-bond donors (Lipinski definition) is 3. The number of urea groups is 1. The van der Waals surface area contributed by atoms with Crippen molar-refractivity contribution in [3.05, 3.63) is 72.2 Å². The van der Waals surface area contributed by atoms with Gasteiger partial charge in [-0.15, -0.1) is 0 Å². The lowest BCUT2D eigenvalue weighted by molar-refractivity contribution is -0.137. The van der Waals surface area contributed by atoms with E-state index in [0.717, 1.165) is 12.1 Å². The Hall–Kier alpha value is -3.36. The fourth-order valence-electron chi connectivity index (χ4n) is 2.48. The van der Waals surface area contributed by atoms with Gasteiger partial charge < -0.3 is 16.0 Å². The topological polar surface area (TPSA) is 70.2 Å². The van der Waals surface area contributed by atoms with Crippen LogP contribution in [0, 0.1) is 11.7 Å². The van der Waals surface area contributed by atoms with Crippen LogP contribution in [-0.4, -0.2) is 11.9 Å². The SMILES string of the molecule is C=C(CC[C@H](C)C(=O)Nc1ccc(F)cc1)NC(=O)Nc1cccc(C(F)(F)F)c1. The predicted octanol–water partition coefficient (Wildman–Crippen LogP) is 5.53. The van der Waals surface area contributed by atoms with E-state index in [1.165, 1.54) is 36.4 Å². The molecule has 0 bridgehead atoms. The van der Waals surface area contributed by atoms with Crippen LogP contribution in [0.25, 0.3) is 0 Å². The summed E-state index contributed by atoms with van der Waals surface area (Å²) in [5.74, 6) is -1.10. The van der Waals surface area contributed by atoms with Gasteiger partial charge in [0.05, 0.1) is 5.56 Å². The molecule has 2 aromatic rings. The van der Waals surface area contributed by atoms with E-state index in [0.29, 0.717) is 17.8 Å². The molecule has 0 aromatic heterocycles. The lowest BCUT2D eigenvalue weighted by atomic mass is 10.0. The summed E-state index contributed by atoms with van der Waals surface area (Å²) in [5, 5.41) is 7.41. The van der Waals surface area contributed by atoms with E-state index >= 15 is 0 Å². The number of halogens is 4. The minimum Gasteiger partial charge on any atom is -0.326 e. The molecule has 0 heterocycles. The van der Waals surface area contributed by atoms with Crippen molar-refractivity contribution in [2.75, 3.05) is 10.6 Å². The Morgan fingerprint density at radius 1 is 1.03 bits per heavy atom. The molecule has 0 unspecified atom stereocenters. The summed E-state index contributed by atoms with van der Waals surface area (Å²) in [6, 6.07) is 8.86. The average molecular weight is 423 g/mol. The summed E-state index contributed by atoms with van der Waals surface area (Å²) < 4.78 is 51.1. The van der Waals surface area contributed by atoms with Crippen LogP contribution >= 0.6 is 0 Å². The van der Waals surface area contributed by atoms with Gasteiger partial charge >= 0.3 is 12.2 Å². The van der Waals surface area contributed by atoms with Gasteiger partial charge in [-0.1, -0.05) is 19.6 Å². The molecule has 0 saturated carbocycles. The van der Waals surface area contributed by atoms with E-state index < -0.39 is 29.5 Å². The molecule has 160 valence electrons. The largest absolute Gasteiger partial charge is 0.416 e. The van der Waals surface area contributed by atoms with Crippen molar-refractivity contribution in [2.24, 2.45) is 5.92 Å². The Morgan fingerprint density at radius 2 is 1.70 bits per heavy atom. The zero-order chi connectivity index (χ0) is 22.3. The second-order valence-electron chi connectivity index (χ2n) is 6.70. The van der Waals surface area contributed by atoms with Crippen molar-refractivity contribution in [2.45, 2.75) is 25.9 Å². The molecule has 1 atom stereocenters. The standard InChI is InChI=1S/C21H21F4N3O2/c1-13(19(29)27-17-10-8-16(22)9-11-17)6-7-14(2)26-20(30)28-18-5-3-4-15(12-18)21(23,24)25/h3-5,8-13H,2,6-7H2,1H3,(H,27,29)(H2,26,28,30)/t13-/m0/s1. The second kappa shape index (κ2) is 9.91. The molecule has 2 aromatic carbocycles. The maximum atomic E-state index is 12.9. The first-order valence-corrected chi connectivity index (χ1v) is 9.04. The minimum absolute atomic E-state index is 0.0119. The normalized spacial score (nSPS) is 12.0. The van der Waals surface area contributed by atoms with Gasteiger partial charge in [-0.2, -0.15) is 13.2 Å². The first-order valence-electron chi connectivity index (χ1n) is 9.04. The number of nitrogens with one attached hydrogen (secondary N) is 3. The molecular formula is C21H21F4N3O2. The highest BCUT2D eigenvalue weighted by molar-refractivity contribution is 5.92. The highest BCUT2D eigenvalue weighted by Crippen LogP contribution is 2.30. The molecule has 0 aliphatic rings. The Morgan fingerprint density at radius 3 is 2.33 bits per heavy atom. The third kappa shape index (κ3) is 7.23. The lowest BCUT2D eigenvalue weighted by Gasteiger charge is -2.14. The van der Waals surface area contributed by atoms with Crippen molar-refractivity contribution >= 4 is 23.3 Å². The molecule has 0 fully saturated rings. The minimum atomic E-state index is -4.51. The molecule has 3 amide bonds. The molecule has 5 nitrogen and oxygen atoms in total. The van der Waals surface area contributed by atoms with E-state index in [4.69, 9.17) is 0 Å². The predicted molar refractivity (Wildman–Crippen MR) is 106 cm³/mol. The van der Waals surface area contributed by atoms with Crippen molar-refractivity contribution < 1.29 is 27.2 Å².